The van der Waals surface area contributed by atoms with Crippen LogP contribution in [0.15, 0.2) is 36.4 Å². The Kier molecular flexibility index (Phi) is 4.70. The summed E-state index contributed by atoms with van der Waals surface area (Å²) in [7, 11) is 0. The molecule has 21 heavy (non-hydrogen) atoms. The Bertz CT molecular complexity index is 671. The number of hydrogen-bond donors (Lipinski definition) is 2. The highest BCUT2D eigenvalue weighted by atomic mass is 35.5. The lowest BCUT2D eigenvalue weighted by Gasteiger charge is -2.11. The molecule has 0 fully saturated rings. The third-order valence-electron chi connectivity index (χ3n) is 2.92. The highest BCUT2D eigenvalue weighted by Gasteiger charge is 2.08. The molecule has 0 saturated heterocycles. The number of amides is 1. The zero-order valence-corrected chi connectivity index (χ0v) is 12.6. The molecule has 2 aromatic carbocycles. The molecule has 0 aliphatic carbocycles. The van der Waals surface area contributed by atoms with Gasteiger partial charge in [0.15, 0.2) is 6.61 Å². The minimum absolute atomic E-state index is 0.0334. The van der Waals surface area contributed by atoms with Crippen LogP contribution in [0.3, 0.4) is 0 Å². The van der Waals surface area contributed by atoms with Crippen molar-refractivity contribution in [2.45, 2.75) is 13.8 Å². The number of benzene rings is 2. The number of halogens is 1. The Labute approximate surface area is 128 Å². The summed E-state index contributed by atoms with van der Waals surface area (Å²) in [6.07, 6.45) is 0. The zero-order chi connectivity index (χ0) is 15.4. The average Bonchev–Trinajstić information content (AvgIpc) is 2.41. The zero-order valence-electron chi connectivity index (χ0n) is 11.8. The van der Waals surface area contributed by atoms with Crippen LogP contribution in [0.1, 0.15) is 11.1 Å². The second-order valence-corrected chi connectivity index (χ2v) is 5.20. The van der Waals surface area contributed by atoms with Gasteiger partial charge in [0.2, 0.25) is 0 Å². The molecular formula is C16H16ClNO3. The summed E-state index contributed by atoms with van der Waals surface area (Å²) in [6.45, 7) is 3.57. The lowest BCUT2D eigenvalue weighted by molar-refractivity contribution is -0.118. The van der Waals surface area contributed by atoms with E-state index in [1.54, 1.807) is 36.4 Å². The molecule has 0 aliphatic rings. The molecule has 0 aromatic heterocycles. The fourth-order valence-corrected chi connectivity index (χ4v) is 2.08. The van der Waals surface area contributed by atoms with Crippen LogP contribution in [0.25, 0.3) is 0 Å². The van der Waals surface area contributed by atoms with Gasteiger partial charge in [-0.3, -0.25) is 4.79 Å². The number of phenols is 1. The van der Waals surface area contributed by atoms with E-state index in [0.717, 1.165) is 11.1 Å². The molecule has 2 aromatic rings. The lowest BCUT2D eigenvalue weighted by Crippen LogP contribution is -2.20. The molecule has 0 heterocycles. The normalized spacial score (nSPS) is 10.2. The van der Waals surface area contributed by atoms with Crippen molar-refractivity contribution in [1.82, 2.24) is 0 Å². The largest absolute Gasteiger partial charge is 0.506 e. The molecule has 5 heteroatoms. The van der Waals surface area contributed by atoms with Crippen molar-refractivity contribution >= 4 is 23.2 Å². The summed E-state index contributed by atoms with van der Waals surface area (Å²) in [6, 6.07) is 10.2. The molecule has 0 saturated carbocycles. The standard InChI is InChI=1S/C16H16ClNO3/c1-10-3-5-13(14(19)7-10)18-16(20)9-21-15-6-4-12(17)8-11(15)2/h3-8,19H,9H2,1-2H3,(H,18,20). The third-order valence-corrected chi connectivity index (χ3v) is 3.16. The van der Waals surface area contributed by atoms with Gasteiger partial charge in [-0.2, -0.15) is 0 Å². The number of phenolic OH excluding ortho intramolecular Hbond substituents is 1. The van der Waals surface area contributed by atoms with Gasteiger partial charge in [-0.25, -0.2) is 0 Å². The average molecular weight is 306 g/mol. The first-order valence-electron chi connectivity index (χ1n) is 6.44. The van der Waals surface area contributed by atoms with Crippen molar-refractivity contribution in [3.8, 4) is 11.5 Å². The molecule has 0 radical (unpaired) electrons. The lowest BCUT2D eigenvalue weighted by atomic mass is 10.2. The van der Waals surface area contributed by atoms with Crippen molar-refractivity contribution in [2.75, 3.05) is 11.9 Å². The fourth-order valence-electron chi connectivity index (χ4n) is 1.85. The first-order valence-corrected chi connectivity index (χ1v) is 6.82. The summed E-state index contributed by atoms with van der Waals surface area (Å²) >= 11 is 5.85. The monoisotopic (exact) mass is 305 g/mol. The van der Waals surface area contributed by atoms with Crippen molar-refractivity contribution in [2.24, 2.45) is 0 Å². The van der Waals surface area contributed by atoms with Crippen LogP contribution in [-0.2, 0) is 4.79 Å². The topological polar surface area (TPSA) is 58.6 Å². The van der Waals surface area contributed by atoms with E-state index >= 15 is 0 Å². The minimum atomic E-state index is -0.344. The van der Waals surface area contributed by atoms with Crippen LogP contribution in [0, 0.1) is 13.8 Å². The summed E-state index contributed by atoms with van der Waals surface area (Å²) in [5, 5.41) is 12.9. The van der Waals surface area contributed by atoms with E-state index in [0.29, 0.717) is 16.5 Å². The van der Waals surface area contributed by atoms with E-state index in [1.165, 1.54) is 0 Å². The third kappa shape index (κ3) is 4.13. The minimum Gasteiger partial charge on any atom is -0.506 e. The van der Waals surface area contributed by atoms with Crippen molar-refractivity contribution < 1.29 is 14.6 Å². The highest BCUT2D eigenvalue weighted by molar-refractivity contribution is 6.30. The maximum Gasteiger partial charge on any atom is 0.262 e. The Hall–Kier alpha value is -2.20. The maximum absolute atomic E-state index is 11.8. The van der Waals surface area contributed by atoms with Gasteiger partial charge in [0.1, 0.15) is 11.5 Å². The van der Waals surface area contributed by atoms with E-state index in [2.05, 4.69) is 5.32 Å². The van der Waals surface area contributed by atoms with E-state index < -0.39 is 0 Å². The number of rotatable bonds is 4. The SMILES string of the molecule is Cc1ccc(NC(=O)COc2ccc(Cl)cc2C)c(O)c1. The molecule has 0 unspecified atom stereocenters. The van der Waals surface area contributed by atoms with Gasteiger partial charge >= 0.3 is 0 Å². The number of aromatic hydroxyl groups is 1. The van der Waals surface area contributed by atoms with E-state index in [1.807, 2.05) is 13.8 Å². The van der Waals surface area contributed by atoms with Crippen LogP contribution in [0.5, 0.6) is 11.5 Å². The molecule has 2 N–H and O–H groups in total. The summed E-state index contributed by atoms with van der Waals surface area (Å²) in [5.74, 6) is 0.289. The summed E-state index contributed by atoms with van der Waals surface area (Å²) in [5.41, 5.74) is 2.13. The van der Waals surface area contributed by atoms with Crippen LogP contribution in [0.4, 0.5) is 5.69 Å². The number of aryl methyl sites for hydroxylation is 2. The van der Waals surface area contributed by atoms with Crippen LogP contribution in [0.2, 0.25) is 5.02 Å². The number of anilines is 1. The molecule has 0 spiro atoms. The quantitative estimate of drug-likeness (QED) is 0.847. The number of hydrogen-bond acceptors (Lipinski definition) is 3. The van der Waals surface area contributed by atoms with Gasteiger partial charge in [-0.15, -0.1) is 0 Å². The van der Waals surface area contributed by atoms with Crippen LogP contribution >= 0.6 is 11.6 Å². The molecule has 4 nitrogen and oxygen atoms in total. The Morgan fingerprint density at radius 2 is 2.00 bits per heavy atom. The molecule has 2 rings (SSSR count). The number of carbonyl (C=O) groups is 1. The molecule has 0 aliphatic heterocycles. The molecule has 0 atom stereocenters. The second kappa shape index (κ2) is 6.50. The van der Waals surface area contributed by atoms with Crippen molar-refractivity contribution in [1.29, 1.82) is 0 Å². The van der Waals surface area contributed by atoms with Crippen LogP contribution < -0.4 is 10.1 Å². The molecule has 1 amide bonds. The molecular weight excluding hydrogens is 290 g/mol. The maximum atomic E-state index is 11.8. The number of ether oxygens (including phenoxy) is 1. The number of nitrogens with one attached hydrogen (secondary N) is 1. The first-order chi connectivity index (χ1) is 9.95. The Morgan fingerprint density at radius 1 is 1.24 bits per heavy atom. The van der Waals surface area contributed by atoms with Gasteiger partial charge in [0, 0.05) is 5.02 Å². The van der Waals surface area contributed by atoms with Gasteiger partial charge in [0.25, 0.3) is 5.91 Å². The summed E-state index contributed by atoms with van der Waals surface area (Å²) in [4.78, 5) is 11.8. The van der Waals surface area contributed by atoms with Gasteiger partial charge in [-0.05, 0) is 55.3 Å². The summed E-state index contributed by atoms with van der Waals surface area (Å²) < 4.78 is 5.44. The molecule has 110 valence electrons. The number of carbonyl (C=O) groups excluding carboxylic acids is 1. The van der Waals surface area contributed by atoms with E-state index in [-0.39, 0.29) is 18.3 Å². The Morgan fingerprint density at radius 3 is 2.67 bits per heavy atom. The van der Waals surface area contributed by atoms with Gasteiger partial charge in [-0.1, -0.05) is 17.7 Å². The van der Waals surface area contributed by atoms with Crippen molar-refractivity contribution in [3.63, 3.8) is 0 Å². The van der Waals surface area contributed by atoms with Crippen molar-refractivity contribution in [3.05, 3.63) is 52.5 Å². The fraction of sp³-hybridized carbons (Fsp3) is 0.188. The van der Waals surface area contributed by atoms with E-state index in [4.69, 9.17) is 16.3 Å². The van der Waals surface area contributed by atoms with E-state index in [9.17, 15) is 9.90 Å². The highest BCUT2D eigenvalue weighted by Crippen LogP contribution is 2.24. The Balaban J connectivity index is 1.96. The smallest absolute Gasteiger partial charge is 0.262 e. The predicted octanol–water partition coefficient (Wildman–Crippen LogP) is 3.68. The van der Waals surface area contributed by atoms with Crippen LogP contribution in [-0.4, -0.2) is 17.6 Å². The second-order valence-electron chi connectivity index (χ2n) is 4.77. The first kappa shape index (κ1) is 15.2. The van der Waals surface area contributed by atoms with Gasteiger partial charge in [0.05, 0.1) is 5.69 Å². The molecule has 0 bridgehead atoms. The predicted molar refractivity (Wildman–Crippen MR) is 83.2 cm³/mol. The van der Waals surface area contributed by atoms with Gasteiger partial charge < -0.3 is 15.2 Å².